The highest BCUT2D eigenvalue weighted by Crippen LogP contribution is 2.28. The molecular weight excluding hydrogens is 304 g/mol. The van der Waals surface area contributed by atoms with E-state index in [1.54, 1.807) is 6.20 Å². The second kappa shape index (κ2) is 6.17. The van der Waals surface area contributed by atoms with Gasteiger partial charge in [0.2, 0.25) is 0 Å². The number of ether oxygens (including phenoxy) is 1. The minimum Gasteiger partial charge on any atom is -0.455 e. The summed E-state index contributed by atoms with van der Waals surface area (Å²) in [5.74, 6) is 1.54. The molecule has 19 heavy (non-hydrogen) atoms. The van der Waals surface area contributed by atoms with Crippen LogP contribution >= 0.6 is 15.9 Å². The fourth-order valence-electron chi connectivity index (χ4n) is 1.69. The van der Waals surface area contributed by atoms with Crippen LogP contribution in [0.3, 0.4) is 0 Å². The Morgan fingerprint density at radius 3 is 2.74 bits per heavy atom. The summed E-state index contributed by atoms with van der Waals surface area (Å²) in [6, 6.07) is 9.75. The van der Waals surface area contributed by atoms with E-state index in [1.165, 1.54) is 0 Å². The summed E-state index contributed by atoms with van der Waals surface area (Å²) in [7, 11) is 0. The van der Waals surface area contributed by atoms with Gasteiger partial charge in [-0.15, -0.1) is 0 Å². The lowest BCUT2D eigenvalue weighted by Gasteiger charge is -2.11. The lowest BCUT2D eigenvalue weighted by Crippen LogP contribution is -2.10. The number of nitrogens with two attached hydrogens (primary N) is 1. The van der Waals surface area contributed by atoms with Gasteiger partial charge in [0.15, 0.2) is 0 Å². The molecule has 0 bridgehead atoms. The summed E-state index contributed by atoms with van der Waals surface area (Å²) in [6.45, 7) is 4.05. The molecule has 2 rings (SSSR count). The lowest BCUT2D eigenvalue weighted by molar-refractivity contribution is 0.475. The molecule has 0 amide bonds. The van der Waals surface area contributed by atoms with Crippen LogP contribution in [-0.2, 0) is 0 Å². The molecule has 1 aromatic heterocycles. The number of aryl methyl sites for hydroxylation is 1. The Balaban J connectivity index is 2.17. The molecule has 1 aromatic carbocycles. The van der Waals surface area contributed by atoms with E-state index in [2.05, 4.69) is 20.9 Å². The number of hydrogen-bond donors (Lipinski definition) is 1. The van der Waals surface area contributed by atoms with Crippen LogP contribution < -0.4 is 10.5 Å². The Kier molecular flexibility index (Phi) is 4.56. The summed E-state index contributed by atoms with van der Waals surface area (Å²) in [5.41, 5.74) is 7.90. The zero-order valence-electron chi connectivity index (χ0n) is 11.1. The predicted octanol–water partition coefficient (Wildman–Crippen LogP) is 4.35. The zero-order valence-corrected chi connectivity index (χ0v) is 12.6. The van der Waals surface area contributed by atoms with Gasteiger partial charge in [0.25, 0.3) is 0 Å². The van der Waals surface area contributed by atoms with Crippen LogP contribution in [0.5, 0.6) is 11.5 Å². The van der Waals surface area contributed by atoms with E-state index in [4.69, 9.17) is 10.5 Å². The summed E-state index contributed by atoms with van der Waals surface area (Å²) in [6.07, 6.45) is 2.59. The molecule has 100 valence electrons. The van der Waals surface area contributed by atoms with Gasteiger partial charge in [-0.3, -0.25) is 4.98 Å². The van der Waals surface area contributed by atoms with Gasteiger partial charge in [0.1, 0.15) is 11.5 Å². The van der Waals surface area contributed by atoms with Gasteiger partial charge in [0, 0.05) is 10.5 Å². The number of halogens is 1. The van der Waals surface area contributed by atoms with E-state index in [0.29, 0.717) is 5.75 Å². The van der Waals surface area contributed by atoms with Crippen molar-refractivity contribution >= 4 is 15.9 Å². The first-order valence-corrected chi connectivity index (χ1v) is 7.05. The highest BCUT2D eigenvalue weighted by molar-refractivity contribution is 9.10. The summed E-state index contributed by atoms with van der Waals surface area (Å²) in [5, 5.41) is 0. The molecule has 0 radical (unpaired) electrons. The van der Waals surface area contributed by atoms with Crippen molar-refractivity contribution in [2.75, 3.05) is 0 Å². The molecule has 0 unspecified atom stereocenters. The number of aromatic nitrogens is 1. The zero-order chi connectivity index (χ0) is 13.8. The van der Waals surface area contributed by atoms with Crippen molar-refractivity contribution in [3.8, 4) is 11.5 Å². The number of nitrogens with zero attached hydrogens (tertiary/aromatic N) is 1. The lowest BCUT2D eigenvalue weighted by atomic mass is 10.1. The molecule has 0 saturated heterocycles. The molecule has 0 aliphatic rings. The van der Waals surface area contributed by atoms with Gasteiger partial charge < -0.3 is 10.5 Å². The molecule has 4 heteroatoms. The Bertz CT molecular complexity index is 555. The molecule has 0 saturated carbocycles. The van der Waals surface area contributed by atoms with Gasteiger partial charge in [-0.1, -0.05) is 28.9 Å². The first-order valence-electron chi connectivity index (χ1n) is 6.25. The molecule has 0 aliphatic heterocycles. The second-order valence-corrected chi connectivity index (χ2v) is 5.36. The fraction of sp³-hybridized carbons (Fsp3) is 0.267. The smallest absolute Gasteiger partial charge is 0.145 e. The maximum Gasteiger partial charge on any atom is 0.145 e. The number of benzene rings is 1. The summed E-state index contributed by atoms with van der Waals surface area (Å²) >= 11 is 3.44. The Hall–Kier alpha value is -1.39. The fourth-order valence-corrected chi connectivity index (χ4v) is 2.03. The third kappa shape index (κ3) is 3.55. The topological polar surface area (TPSA) is 48.1 Å². The van der Waals surface area contributed by atoms with Crippen molar-refractivity contribution in [2.24, 2.45) is 5.73 Å². The Morgan fingerprint density at radius 2 is 2.11 bits per heavy atom. The average Bonchev–Trinajstić information content (AvgIpc) is 2.43. The summed E-state index contributed by atoms with van der Waals surface area (Å²) < 4.78 is 6.82. The monoisotopic (exact) mass is 320 g/mol. The Labute approximate surface area is 121 Å². The standard InChI is InChI=1S/C15H17BrN2O/c1-3-13(17)14-7-6-12(9-18-14)19-15-8-11(16)5-4-10(15)2/h4-9,13H,3,17H2,1-2H3/t13-/m1/s1. The molecule has 2 N–H and O–H groups in total. The van der Waals surface area contributed by atoms with E-state index in [1.807, 2.05) is 44.2 Å². The SMILES string of the molecule is CC[C@@H](N)c1ccc(Oc2cc(Br)ccc2C)cn1. The summed E-state index contributed by atoms with van der Waals surface area (Å²) in [4.78, 5) is 4.34. The molecule has 1 heterocycles. The molecule has 1 atom stereocenters. The number of rotatable bonds is 4. The van der Waals surface area contributed by atoms with Gasteiger partial charge in [0.05, 0.1) is 11.9 Å². The van der Waals surface area contributed by atoms with Crippen LogP contribution in [0.1, 0.15) is 30.6 Å². The van der Waals surface area contributed by atoms with Gasteiger partial charge in [-0.05, 0) is 43.2 Å². The first-order chi connectivity index (χ1) is 9.10. The van der Waals surface area contributed by atoms with E-state index in [9.17, 15) is 0 Å². The third-order valence-corrected chi connectivity index (χ3v) is 3.45. The van der Waals surface area contributed by atoms with E-state index < -0.39 is 0 Å². The first kappa shape index (κ1) is 14.0. The molecule has 0 spiro atoms. The molecule has 2 aromatic rings. The van der Waals surface area contributed by atoms with Crippen LogP contribution in [0, 0.1) is 6.92 Å². The third-order valence-electron chi connectivity index (χ3n) is 2.96. The molecular formula is C15H17BrN2O. The quantitative estimate of drug-likeness (QED) is 0.910. The van der Waals surface area contributed by atoms with Gasteiger partial charge in [-0.25, -0.2) is 0 Å². The van der Waals surface area contributed by atoms with Crippen LogP contribution in [-0.4, -0.2) is 4.98 Å². The number of pyridine rings is 1. The normalized spacial score (nSPS) is 12.2. The van der Waals surface area contributed by atoms with Crippen molar-refractivity contribution in [2.45, 2.75) is 26.3 Å². The van der Waals surface area contributed by atoms with Gasteiger partial charge >= 0.3 is 0 Å². The largest absolute Gasteiger partial charge is 0.455 e. The predicted molar refractivity (Wildman–Crippen MR) is 80.4 cm³/mol. The van der Waals surface area contributed by atoms with Crippen molar-refractivity contribution < 1.29 is 4.74 Å². The van der Waals surface area contributed by atoms with Crippen molar-refractivity contribution in [3.05, 3.63) is 52.3 Å². The van der Waals surface area contributed by atoms with Crippen LogP contribution in [0.4, 0.5) is 0 Å². The van der Waals surface area contributed by atoms with Crippen molar-refractivity contribution in [3.63, 3.8) is 0 Å². The van der Waals surface area contributed by atoms with Gasteiger partial charge in [-0.2, -0.15) is 0 Å². The van der Waals surface area contributed by atoms with Crippen LogP contribution in [0.15, 0.2) is 41.0 Å². The molecule has 3 nitrogen and oxygen atoms in total. The minimum atomic E-state index is -0.0124. The molecule has 0 fully saturated rings. The number of hydrogen-bond acceptors (Lipinski definition) is 3. The maximum absolute atomic E-state index is 5.93. The average molecular weight is 321 g/mol. The van der Waals surface area contributed by atoms with Crippen LogP contribution in [0.25, 0.3) is 0 Å². The maximum atomic E-state index is 5.93. The second-order valence-electron chi connectivity index (χ2n) is 4.45. The van der Waals surface area contributed by atoms with Crippen molar-refractivity contribution in [1.82, 2.24) is 4.98 Å². The Morgan fingerprint density at radius 1 is 1.32 bits per heavy atom. The van der Waals surface area contributed by atoms with Crippen LogP contribution in [0.2, 0.25) is 0 Å². The van der Waals surface area contributed by atoms with E-state index in [-0.39, 0.29) is 6.04 Å². The molecule has 0 aliphatic carbocycles. The minimum absolute atomic E-state index is 0.0124. The highest BCUT2D eigenvalue weighted by atomic mass is 79.9. The van der Waals surface area contributed by atoms with E-state index >= 15 is 0 Å². The highest BCUT2D eigenvalue weighted by Gasteiger charge is 2.06. The van der Waals surface area contributed by atoms with Crippen molar-refractivity contribution in [1.29, 1.82) is 0 Å². The van der Waals surface area contributed by atoms with E-state index in [0.717, 1.165) is 27.9 Å².